The number of hydrogen-bond acceptors (Lipinski definition) is 5. The summed E-state index contributed by atoms with van der Waals surface area (Å²) in [5.41, 5.74) is 2.63. The number of anilines is 1. The molecule has 3 aromatic rings. The van der Waals surface area contributed by atoms with Crippen LogP contribution in [0.1, 0.15) is 30.4 Å². The number of aryl methyl sites for hydroxylation is 1. The number of rotatable bonds is 10. The molecule has 1 fully saturated rings. The molecule has 38 heavy (non-hydrogen) atoms. The summed E-state index contributed by atoms with van der Waals surface area (Å²) in [5, 5.41) is 2.93. The van der Waals surface area contributed by atoms with Gasteiger partial charge in [-0.1, -0.05) is 54.6 Å². The molecule has 1 saturated carbocycles. The second-order valence-corrected chi connectivity index (χ2v) is 11.4. The van der Waals surface area contributed by atoms with Gasteiger partial charge in [-0.25, -0.2) is 13.1 Å². The van der Waals surface area contributed by atoms with Crippen molar-refractivity contribution in [2.24, 2.45) is 0 Å². The molecule has 2 aliphatic rings. The lowest BCUT2D eigenvalue weighted by atomic mass is 10.1. The van der Waals surface area contributed by atoms with Gasteiger partial charge in [0.2, 0.25) is 15.9 Å². The molecule has 5 rings (SSSR count). The SMILES string of the molecule is O=C(NCCc1ccccc1)[C@H]1CN(C(=O)CCc2ccc(S(=O)(=O)NC3CC3)cc2)c2ccccc2O1. The zero-order valence-corrected chi connectivity index (χ0v) is 21.8. The van der Waals surface area contributed by atoms with Crippen molar-refractivity contribution in [3.05, 3.63) is 90.0 Å². The molecule has 1 atom stereocenters. The highest BCUT2D eigenvalue weighted by Crippen LogP contribution is 2.33. The maximum absolute atomic E-state index is 13.3. The number of carbonyl (C=O) groups is 2. The van der Waals surface area contributed by atoms with Crippen LogP contribution < -0.4 is 19.7 Å². The highest BCUT2D eigenvalue weighted by molar-refractivity contribution is 7.89. The molecule has 3 aromatic carbocycles. The largest absolute Gasteiger partial charge is 0.477 e. The molecule has 0 unspecified atom stereocenters. The van der Waals surface area contributed by atoms with E-state index < -0.39 is 16.1 Å². The number of ether oxygens (including phenoxy) is 1. The van der Waals surface area contributed by atoms with Gasteiger partial charge in [0.1, 0.15) is 5.75 Å². The number of sulfonamides is 1. The van der Waals surface area contributed by atoms with Crippen molar-refractivity contribution in [2.75, 3.05) is 18.0 Å². The first-order valence-corrected chi connectivity index (χ1v) is 14.4. The van der Waals surface area contributed by atoms with Crippen molar-refractivity contribution < 1.29 is 22.7 Å². The number of para-hydroxylation sites is 2. The molecule has 1 heterocycles. The van der Waals surface area contributed by atoms with E-state index in [1.807, 2.05) is 48.5 Å². The molecule has 1 aliphatic carbocycles. The van der Waals surface area contributed by atoms with E-state index in [-0.39, 0.29) is 35.7 Å². The van der Waals surface area contributed by atoms with E-state index in [0.717, 1.165) is 24.0 Å². The molecular formula is C29H31N3O5S. The van der Waals surface area contributed by atoms with Crippen LogP contribution >= 0.6 is 0 Å². The molecule has 0 spiro atoms. The predicted octanol–water partition coefficient (Wildman–Crippen LogP) is 3.21. The summed E-state index contributed by atoms with van der Waals surface area (Å²) in [7, 11) is -3.51. The molecule has 2 N–H and O–H groups in total. The lowest BCUT2D eigenvalue weighted by Gasteiger charge is -2.34. The highest BCUT2D eigenvalue weighted by Gasteiger charge is 2.33. The lowest BCUT2D eigenvalue weighted by molar-refractivity contribution is -0.128. The summed E-state index contributed by atoms with van der Waals surface area (Å²) < 4.78 is 33.4. The Kier molecular flexibility index (Phi) is 7.76. The quantitative estimate of drug-likeness (QED) is 0.417. The smallest absolute Gasteiger partial charge is 0.262 e. The van der Waals surface area contributed by atoms with Gasteiger partial charge < -0.3 is 15.0 Å². The minimum atomic E-state index is -3.51. The summed E-state index contributed by atoms with van der Waals surface area (Å²) in [5.74, 6) is 0.104. The molecule has 0 saturated heterocycles. The molecule has 2 amide bonds. The number of nitrogens with zero attached hydrogens (tertiary/aromatic N) is 1. The van der Waals surface area contributed by atoms with Gasteiger partial charge in [0.05, 0.1) is 17.1 Å². The van der Waals surface area contributed by atoms with Crippen LogP contribution in [0.15, 0.2) is 83.8 Å². The van der Waals surface area contributed by atoms with Gasteiger partial charge in [-0.3, -0.25) is 9.59 Å². The van der Waals surface area contributed by atoms with Crippen molar-refractivity contribution in [3.8, 4) is 5.75 Å². The number of carbonyl (C=O) groups excluding carboxylic acids is 2. The maximum Gasteiger partial charge on any atom is 0.262 e. The summed E-state index contributed by atoms with van der Waals surface area (Å²) >= 11 is 0. The van der Waals surface area contributed by atoms with Crippen LogP contribution in [0, 0.1) is 0 Å². The summed E-state index contributed by atoms with van der Waals surface area (Å²) in [6, 6.07) is 23.8. The van der Waals surface area contributed by atoms with E-state index in [0.29, 0.717) is 30.8 Å². The third kappa shape index (κ3) is 6.41. The van der Waals surface area contributed by atoms with Crippen LogP contribution in [0.4, 0.5) is 5.69 Å². The van der Waals surface area contributed by atoms with Crippen LogP contribution in [0.2, 0.25) is 0 Å². The molecular weight excluding hydrogens is 502 g/mol. The van der Waals surface area contributed by atoms with Crippen molar-refractivity contribution in [1.29, 1.82) is 0 Å². The minimum Gasteiger partial charge on any atom is -0.477 e. The molecule has 8 nitrogen and oxygen atoms in total. The van der Waals surface area contributed by atoms with Crippen LogP contribution in [-0.2, 0) is 32.5 Å². The fourth-order valence-electron chi connectivity index (χ4n) is 4.41. The number of hydrogen-bond donors (Lipinski definition) is 2. The molecule has 0 aromatic heterocycles. The number of benzene rings is 3. The molecule has 9 heteroatoms. The Hall–Kier alpha value is -3.69. The van der Waals surface area contributed by atoms with E-state index in [1.54, 1.807) is 35.2 Å². The first kappa shape index (κ1) is 25.9. The average molecular weight is 534 g/mol. The van der Waals surface area contributed by atoms with Gasteiger partial charge in [-0.05, 0) is 61.1 Å². The first-order chi connectivity index (χ1) is 18.4. The Bertz CT molecular complexity index is 1390. The average Bonchev–Trinajstić information content (AvgIpc) is 3.75. The standard InChI is InChI=1S/C29H31N3O5S/c33-28(17-12-22-10-15-24(16-11-22)38(35,36)31-23-13-14-23)32-20-27(37-26-9-5-4-8-25(26)32)29(34)30-19-18-21-6-2-1-3-7-21/h1-11,15-16,23,27,31H,12-14,17-20H2,(H,30,34)/t27-/m1/s1. The summed E-state index contributed by atoms with van der Waals surface area (Å²) in [6.45, 7) is 0.594. The van der Waals surface area contributed by atoms with Crippen molar-refractivity contribution in [3.63, 3.8) is 0 Å². The van der Waals surface area contributed by atoms with Gasteiger partial charge in [0.25, 0.3) is 5.91 Å². The Morgan fingerprint density at radius 2 is 1.55 bits per heavy atom. The van der Waals surface area contributed by atoms with Crippen LogP contribution in [-0.4, -0.2) is 45.5 Å². The van der Waals surface area contributed by atoms with Crippen molar-refractivity contribution >= 4 is 27.5 Å². The van der Waals surface area contributed by atoms with E-state index in [1.165, 1.54) is 0 Å². The van der Waals surface area contributed by atoms with Crippen molar-refractivity contribution in [1.82, 2.24) is 10.0 Å². The lowest BCUT2D eigenvalue weighted by Crippen LogP contribution is -2.51. The topological polar surface area (TPSA) is 105 Å². The Morgan fingerprint density at radius 1 is 0.868 bits per heavy atom. The van der Waals surface area contributed by atoms with Gasteiger partial charge in [-0.2, -0.15) is 0 Å². The van der Waals surface area contributed by atoms with Crippen LogP contribution in [0.5, 0.6) is 5.75 Å². The second kappa shape index (κ2) is 11.4. The third-order valence-electron chi connectivity index (χ3n) is 6.68. The van der Waals surface area contributed by atoms with Crippen LogP contribution in [0.3, 0.4) is 0 Å². The van der Waals surface area contributed by atoms with E-state index in [4.69, 9.17) is 4.74 Å². The number of fused-ring (bicyclic) bond motifs is 1. The fraction of sp³-hybridized carbons (Fsp3) is 0.310. The van der Waals surface area contributed by atoms with E-state index in [9.17, 15) is 18.0 Å². The minimum absolute atomic E-state index is 0.0449. The molecule has 1 aliphatic heterocycles. The van der Waals surface area contributed by atoms with Gasteiger partial charge in [-0.15, -0.1) is 0 Å². The molecule has 198 valence electrons. The Labute approximate surface area is 223 Å². The highest BCUT2D eigenvalue weighted by atomic mass is 32.2. The maximum atomic E-state index is 13.3. The Balaban J connectivity index is 1.19. The van der Waals surface area contributed by atoms with E-state index in [2.05, 4.69) is 10.0 Å². The van der Waals surface area contributed by atoms with Gasteiger partial charge in [0, 0.05) is 19.0 Å². The Morgan fingerprint density at radius 3 is 2.29 bits per heavy atom. The predicted molar refractivity (Wildman–Crippen MR) is 144 cm³/mol. The second-order valence-electron chi connectivity index (χ2n) is 9.64. The monoisotopic (exact) mass is 533 g/mol. The first-order valence-electron chi connectivity index (χ1n) is 12.9. The molecule has 0 radical (unpaired) electrons. The number of amides is 2. The molecule has 0 bridgehead atoms. The summed E-state index contributed by atoms with van der Waals surface area (Å²) in [4.78, 5) is 28.0. The van der Waals surface area contributed by atoms with Gasteiger partial charge in [0.15, 0.2) is 6.10 Å². The zero-order chi connectivity index (χ0) is 26.5. The van der Waals surface area contributed by atoms with Crippen molar-refractivity contribution in [2.45, 2.75) is 49.1 Å². The number of nitrogens with one attached hydrogen (secondary N) is 2. The van der Waals surface area contributed by atoms with Crippen LogP contribution in [0.25, 0.3) is 0 Å². The zero-order valence-electron chi connectivity index (χ0n) is 21.0. The summed E-state index contributed by atoms with van der Waals surface area (Å²) in [6.07, 6.45) is 2.30. The van der Waals surface area contributed by atoms with Gasteiger partial charge >= 0.3 is 0 Å². The third-order valence-corrected chi connectivity index (χ3v) is 8.22. The fourth-order valence-corrected chi connectivity index (χ4v) is 5.71. The van der Waals surface area contributed by atoms with E-state index >= 15 is 0 Å². The normalized spacial score (nSPS) is 16.8.